The van der Waals surface area contributed by atoms with Crippen molar-refractivity contribution in [3.8, 4) is 0 Å². The normalized spacial score (nSPS) is 12.8. The first-order valence-corrected chi connectivity index (χ1v) is 7.99. The van der Waals surface area contributed by atoms with Crippen LogP contribution in [0.25, 0.3) is 0 Å². The molecule has 0 amide bonds. The predicted molar refractivity (Wildman–Crippen MR) is 85.8 cm³/mol. The number of quaternary nitrogens is 1. The predicted octanol–water partition coefficient (Wildman–Crippen LogP) is 2.52. The second-order valence-corrected chi connectivity index (χ2v) is 6.20. The molecule has 8 heteroatoms. The van der Waals surface area contributed by atoms with Gasteiger partial charge in [-0.3, -0.25) is 4.18 Å². The summed E-state index contributed by atoms with van der Waals surface area (Å²) in [5, 5.41) is 0. The lowest BCUT2D eigenvalue weighted by atomic mass is 9.82. The fourth-order valence-electron chi connectivity index (χ4n) is 2.26. The van der Waals surface area contributed by atoms with E-state index < -0.39 is 27.9 Å². The lowest BCUT2D eigenvalue weighted by Gasteiger charge is -2.35. The number of esters is 1. The van der Waals surface area contributed by atoms with Crippen LogP contribution < -0.4 is 6.15 Å². The van der Waals surface area contributed by atoms with Gasteiger partial charge in [-0.1, -0.05) is 36.9 Å². The molecule has 0 aliphatic carbocycles. The number of carbonyl (C=O) groups excluding carboxylic acids is 1. The van der Waals surface area contributed by atoms with Gasteiger partial charge in [0.1, 0.15) is 0 Å². The number of rotatable bonds is 8. The fraction of sp³-hybridized carbons (Fsp3) is 0.400. The third-order valence-electron chi connectivity index (χ3n) is 3.18. The standard InChI is InChI=1S/C15H20O6S.H3N/c1-4-14(16)20-11-10-13(12-8-6-5-7-9-12)15(2,3)21-22(17,18)19;/h4-9,13H,1,10-11H2,2-3H3,(H,17,18,19);1H3. The summed E-state index contributed by atoms with van der Waals surface area (Å²) in [5.74, 6) is -1.02. The molecule has 4 N–H and O–H groups in total. The van der Waals surface area contributed by atoms with Gasteiger partial charge in [-0.2, -0.15) is 0 Å². The fourth-order valence-corrected chi connectivity index (χ4v) is 2.90. The average Bonchev–Trinajstić information content (AvgIpc) is 2.41. The third-order valence-corrected chi connectivity index (χ3v) is 3.81. The number of hydrogen-bond acceptors (Lipinski definition) is 6. The molecule has 1 atom stereocenters. The molecule has 0 aliphatic heterocycles. The minimum Gasteiger partial charge on any atom is -0.726 e. The molecule has 0 heterocycles. The summed E-state index contributed by atoms with van der Waals surface area (Å²) in [6.45, 7) is 6.36. The van der Waals surface area contributed by atoms with E-state index in [1.807, 2.05) is 6.07 Å². The van der Waals surface area contributed by atoms with Gasteiger partial charge in [-0.05, 0) is 25.8 Å². The van der Waals surface area contributed by atoms with Crippen LogP contribution in [0, 0.1) is 0 Å². The first-order valence-electron chi connectivity index (χ1n) is 6.66. The van der Waals surface area contributed by atoms with Crippen molar-refractivity contribution in [2.24, 2.45) is 0 Å². The van der Waals surface area contributed by atoms with E-state index in [1.165, 1.54) is 13.8 Å². The Balaban J connectivity index is 0.00000484. The Morgan fingerprint density at radius 3 is 2.39 bits per heavy atom. The first kappa shape index (κ1) is 21.3. The summed E-state index contributed by atoms with van der Waals surface area (Å²) in [7, 11) is -4.85. The van der Waals surface area contributed by atoms with Crippen molar-refractivity contribution in [2.45, 2.75) is 31.8 Å². The highest BCUT2D eigenvalue weighted by Crippen LogP contribution is 2.35. The van der Waals surface area contributed by atoms with E-state index in [0.29, 0.717) is 6.42 Å². The SMILES string of the molecule is C=CC(=O)OCCC(c1ccccc1)C(C)(C)OS(=O)(=O)[O-].[NH4+]. The lowest BCUT2D eigenvalue weighted by Crippen LogP contribution is -2.36. The largest absolute Gasteiger partial charge is 0.726 e. The highest BCUT2D eigenvalue weighted by molar-refractivity contribution is 7.80. The molecule has 130 valence electrons. The quantitative estimate of drug-likeness (QED) is 0.333. The number of hydrogen-bond donors (Lipinski definition) is 1. The first-order chi connectivity index (χ1) is 10.2. The van der Waals surface area contributed by atoms with Crippen LogP contribution in [0.3, 0.4) is 0 Å². The summed E-state index contributed by atoms with van der Waals surface area (Å²) >= 11 is 0. The maximum Gasteiger partial charge on any atom is 0.330 e. The van der Waals surface area contributed by atoms with E-state index in [-0.39, 0.29) is 12.8 Å². The van der Waals surface area contributed by atoms with Gasteiger partial charge in [0.2, 0.25) is 10.4 Å². The zero-order valence-electron chi connectivity index (χ0n) is 13.5. The van der Waals surface area contributed by atoms with Gasteiger partial charge >= 0.3 is 5.97 Å². The van der Waals surface area contributed by atoms with Crippen molar-refractivity contribution in [2.75, 3.05) is 6.61 Å². The molecule has 0 saturated heterocycles. The molecule has 0 fully saturated rings. The Kier molecular flexibility index (Phi) is 8.11. The minimum absolute atomic E-state index is 0. The van der Waals surface area contributed by atoms with Crippen molar-refractivity contribution in [1.29, 1.82) is 0 Å². The van der Waals surface area contributed by atoms with Crippen molar-refractivity contribution >= 4 is 16.4 Å². The van der Waals surface area contributed by atoms with Crippen LogP contribution >= 0.6 is 0 Å². The van der Waals surface area contributed by atoms with Gasteiger partial charge < -0.3 is 15.4 Å². The molecule has 1 unspecified atom stereocenters. The molecule has 0 spiro atoms. The minimum atomic E-state index is -4.85. The highest BCUT2D eigenvalue weighted by atomic mass is 32.3. The van der Waals surface area contributed by atoms with Crippen molar-refractivity contribution in [3.63, 3.8) is 0 Å². The van der Waals surface area contributed by atoms with Crippen LogP contribution in [0.1, 0.15) is 31.7 Å². The van der Waals surface area contributed by atoms with E-state index in [2.05, 4.69) is 10.8 Å². The second-order valence-electron chi connectivity index (χ2n) is 5.22. The molecule has 7 nitrogen and oxygen atoms in total. The maximum atomic E-state index is 11.1. The molecular formula is C15H23NO6S. The molecule has 23 heavy (non-hydrogen) atoms. The highest BCUT2D eigenvalue weighted by Gasteiger charge is 2.34. The maximum absolute atomic E-state index is 11.1. The van der Waals surface area contributed by atoms with Gasteiger partial charge in [0.15, 0.2) is 0 Å². The molecular weight excluding hydrogens is 322 g/mol. The summed E-state index contributed by atoms with van der Waals surface area (Å²) in [4.78, 5) is 11.1. The molecule has 0 aliphatic rings. The van der Waals surface area contributed by atoms with Crippen LogP contribution in [0.4, 0.5) is 0 Å². The van der Waals surface area contributed by atoms with Crippen LogP contribution in [0.5, 0.6) is 0 Å². The number of benzene rings is 1. The van der Waals surface area contributed by atoms with E-state index in [4.69, 9.17) is 4.74 Å². The molecule has 0 aromatic heterocycles. The number of carbonyl (C=O) groups is 1. The van der Waals surface area contributed by atoms with E-state index in [1.54, 1.807) is 24.3 Å². The van der Waals surface area contributed by atoms with Gasteiger partial charge in [0.25, 0.3) is 0 Å². The third kappa shape index (κ3) is 7.38. The number of ether oxygens (including phenoxy) is 1. The van der Waals surface area contributed by atoms with Crippen molar-refractivity contribution < 1.29 is 26.7 Å². The van der Waals surface area contributed by atoms with Gasteiger partial charge in [-0.25, -0.2) is 13.2 Å². The van der Waals surface area contributed by atoms with Crippen molar-refractivity contribution in [1.82, 2.24) is 6.15 Å². The molecule has 1 aromatic rings. The van der Waals surface area contributed by atoms with Gasteiger partial charge in [0, 0.05) is 12.0 Å². The van der Waals surface area contributed by atoms with E-state index in [9.17, 15) is 17.8 Å². The van der Waals surface area contributed by atoms with Crippen molar-refractivity contribution in [3.05, 3.63) is 48.6 Å². The molecule has 0 radical (unpaired) electrons. The molecule has 0 bridgehead atoms. The summed E-state index contributed by atoms with van der Waals surface area (Å²) in [5.41, 5.74) is -0.492. The lowest BCUT2D eigenvalue weighted by molar-refractivity contribution is -0.138. The van der Waals surface area contributed by atoms with Crippen LogP contribution in [-0.2, 0) is 24.1 Å². The second kappa shape index (κ2) is 8.78. The Labute approximate surface area is 136 Å². The molecule has 1 rings (SSSR count). The van der Waals surface area contributed by atoms with Crippen LogP contribution in [-0.4, -0.2) is 31.1 Å². The Hall–Kier alpha value is -1.74. The van der Waals surface area contributed by atoms with Crippen LogP contribution in [0.15, 0.2) is 43.0 Å². The molecule has 0 saturated carbocycles. The summed E-state index contributed by atoms with van der Waals surface area (Å²) in [6.07, 6.45) is 1.34. The Bertz CT molecular complexity index is 612. The van der Waals surface area contributed by atoms with Crippen LogP contribution in [0.2, 0.25) is 0 Å². The van der Waals surface area contributed by atoms with E-state index in [0.717, 1.165) is 11.6 Å². The van der Waals surface area contributed by atoms with E-state index >= 15 is 0 Å². The van der Waals surface area contributed by atoms with Gasteiger partial charge in [0.05, 0.1) is 12.2 Å². The smallest absolute Gasteiger partial charge is 0.330 e. The monoisotopic (exact) mass is 345 g/mol. The van der Waals surface area contributed by atoms with Gasteiger partial charge in [-0.15, -0.1) is 0 Å². The molecule has 1 aromatic carbocycles. The topological polar surface area (TPSA) is 129 Å². The average molecular weight is 345 g/mol. The Morgan fingerprint density at radius 1 is 1.35 bits per heavy atom. The zero-order chi connectivity index (χ0) is 16.8. The summed E-state index contributed by atoms with van der Waals surface area (Å²) < 4.78 is 42.4. The Morgan fingerprint density at radius 2 is 1.91 bits per heavy atom. The zero-order valence-corrected chi connectivity index (χ0v) is 14.3. The summed E-state index contributed by atoms with van der Waals surface area (Å²) in [6, 6.07) is 8.99.